The molecule has 0 radical (unpaired) electrons. The van der Waals surface area contributed by atoms with Crippen molar-refractivity contribution in [3.05, 3.63) is 89.5 Å². The number of hydrogen-bond acceptors (Lipinski definition) is 4. The molecule has 30 heavy (non-hydrogen) atoms. The van der Waals surface area contributed by atoms with E-state index in [0.717, 1.165) is 28.1 Å². The molecule has 0 aliphatic rings. The van der Waals surface area contributed by atoms with Crippen molar-refractivity contribution in [3.63, 3.8) is 0 Å². The molecule has 152 valence electrons. The molecule has 4 rings (SSSR count). The molecule has 4 aromatic rings. The number of nitrogens with one attached hydrogen (secondary N) is 1. The maximum absolute atomic E-state index is 13.0. The predicted octanol–water partition coefficient (Wildman–Crippen LogP) is 4.69. The minimum Gasteiger partial charge on any atom is -0.497 e. The molecule has 1 amide bonds. The van der Waals surface area contributed by atoms with E-state index in [9.17, 15) is 4.79 Å². The number of ether oxygens (including phenoxy) is 1. The van der Waals surface area contributed by atoms with E-state index in [1.807, 2.05) is 56.3 Å². The van der Waals surface area contributed by atoms with Crippen molar-refractivity contribution in [1.82, 2.24) is 15.1 Å². The second-order valence-corrected chi connectivity index (χ2v) is 7.11. The summed E-state index contributed by atoms with van der Waals surface area (Å²) in [5.41, 5.74) is 5.06. The molecule has 0 spiro atoms. The Morgan fingerprint density at radius 2 is 1.97 bits per heavy atom. The van der Waals surface area contributed by atoms with Gasteiger partial charge in [-0.05, 0) is 55.8 Å². The zero-order chi connectivity index (χ0) is 21.1. The van der Waals surface area contributed by atoms with Gasteiger partial charge in [0.25, 0.3) is 5.91 Å². The van der Waals surface area contributed by atoms with Gasteiger partial charge in [-0.1, -0.05) is 29.8 Å². The lowest BCUT2D eigenvalue weighted by Gasteiger charge is -2.11. The van der Waals surface area contributed by atoms with Crippen molar-refractivity contribution in [2.45, 2.75) is 20.4 Å². The first-order valence-corrected chi connectivity index (χ1v) is 9.68. The van der Waals surface area contributed by atoms with Crippen molar-refractivity contribution in [3.8, 4) is 22.7 Å². The van der Waals surface area contributed by atoms with Gasteiger partial charge in [0.15, 0.2) is 0 Å². The predicted molar refractivity (Wildman–Crippen MR) is 115 cm³/mol. The largest absolute Gasteiger partial charge is 0.497 e. The van der Waals surface area contributed by atoms with Gasteiger partial charge in [0.1, 0.15) is 17.2 Å². The smallest absolute Gasteiger partial charge is 0.270 e. The monoisotopic (exact) mass is 401 g/mol. The second kappa shape index (κ2) is 8.29. The Balaban J connectivity index is 1.75. The number of aryl methyl sites for hydroxylation is 2. The molecule has 6 heteroatoms. The lowest BCUT2D eigenvalue weighted by molar-refractivity contribution is 0.0940. The van der Waals surface area contributed by atoms with Gasteiger partial charge in [0.2, 0.25) is 0 Å². The van der Waals surface area contributed by atoms with Crippen molar-refractivity contribution < 1.29 is 13.9 Å². The van der Waals surface area contributed by atoms with Crippen molar-refractivity contribution >= 4 is 5.91 Å². The molecule has 0 bridgehead atoms. The quantitative estimate of drug-likeness (QED) is 0.509. The van der Waals surface area contributed by atoms with Gasteiger partial charge < -0.3 is 14.5 Å². The van der Waals surface area contributed by atoms with Crippen LogP contribution >= 0.6 is 0 Å². The molecule has 0 atom stereocenters. The van der Waals surface area contributed by atoms with Crippen molar-refractivity contribution in [2.75, 3.05) is 7.11 Å². The number of amides is 1. The van der Waals surface area contributed by atoms with Crippen LogP contribution in [0.5, 0.6) is 5.75 Å². The van der Waals surface area contributed by atoms with E-state index in [-0.39, 0.29) is 5.91 Å². The number of carbonyl (C=O) groups excluding carboxylic acids is 1. The Morgan fingerprint density at radius 1 is 1.10 bits per heavy atom. The minimum atomic E-state index is -0.229. The van der Waals surface area contributed by atoms with Gasteiger partial charge in [0, 0.05) is 5.56 Å². The maximum Gasteiger partial charge on any atom is 0.270 e. The van der Waals surface area contributed by atoms with Crippen LogP contribution in [0.1, 0.15) is 27.4 Å². The number of rotatable bonds is 6. The Bertz CT molecular complexity index is 1180. The fraction of sp³-hybridized carbons (Fsp3) is 0.167. The normalized spacial score (nSPS) is 10.8. The summed E-state index contributed by atoms with van der Waals surface area (Å²) < 4.78 is 12.3. The van der Waals surface area contributed by atoms with E-state index >= 15 is 0 Å². The Morgan fingerprint density at radius 3 is 2.70 bits per heavy atom. The highest BCUT2D eigenvalue weighted by Crippen LogP contribution is 2.26. The first-order chi connectivity index (χ1) is 14.5. The Hall–Kier alpha value is -3.80. The third-order valence-electron chi connectivity index (χ3n) is 4.89. The number of nitrogens with zero attached hydrogens (tertiary/aromatic N) is 2. The first kappa shape index (κ1) is 19.5. The highest BCUT2D eigenvalue weighted by Gasteiger charge is 2.19. The molecule has 2 heterocycles. The molecule has 0 aliphatic heterocycles. The van der Waals surface area contributed by atoms with Crippen LogP contribution in [-0.4, -0.2) is 22.8 Å². The molecule has 2 aromatic heterocycles. The Kier molecular flexibility index (Phi) is 5.39. The molecule has 1 N–H and O–H groups in total. The van der Waals surface area contributed by atoms with Crippen LogP contribution in [0.3, 0.4) is 0 Å². The number of benzene rings is 2. The third kappa shape index (κ3) is 3.98. The number of aromatic nitrogens is 2. The minimum absolute atomic E-state index is 0.229. The Labute approximate surface area is 175 Å². The van der Waals surface area contributed by atoms with E-state index in [1.54, 1.807) is 30.2 Å². The molecule has 0 aliphatic carbocycles. The van der Waals surface area contributed by atoms with Crippen molar-refractivity contribution in [2.24, 2.45) is 0 Å². The zero-order valence-electron chi connectivity index (χ0n) is 17.2. The van der Waals surface area contributed by atoms with Gasteiger partial charge in [0.05, 0.1) is 31.3 Å². The average Bonchev–Trinajstić information content (AvgIpc) is 3.42. The van der Waals surface area contributed by atoms with Crippen LogP contribution in [0.15, 0.2) is 71.3 Å². The number of carbonyl (C=O) groups is 1. The fourth-order valence-electron chi connectivity index (χ4n) is 3.36. The average molecular weight is 401 g/mol. The van der Waals surface area contributed by atoms with Crippen LogP contribution in [0.25, 0.3) is 16.9 Å². The van der Waals surface area contributed by atoms with E-state index in [0.29, 0.717) is 23.7 Å². The van der Waals surface area contributed by atoms with Gasteiger partial charge in [-0.2, -0.15) is 5.10 Å². The van der Waals surface area contributed by atoms with Crippen LogP contribution < -0.4 is 10.1 Å². The summed E-state index contributed by atoms with van der Waals surface area (Å²) in [7, 11) is 1.63. The molecule has 0 fully saturated rings. The summed E-state index contributed by atoms with van der Waals surface area (Å²) in [6.07, 6.45) is 1.59. The second-order valence-electron chi connectivity index (χ2n) is 7.11. The number of hydrogen-bond donors (Lipinski definition) is 1. The van der Waals surface area contributed by atoms with Crippen LogP contribution in [0.4, 0.5) is 0 Å². The lowest BCUT2D eigenvalue weighted by Crippen LogP contribution is -2.25. The lowest BCUT2D eigenvalue weighted by atomic mass is 10.1. The summed E-state index contributed by atoms with van der Waals surface area (Å²) in [4.78, 5) is 13.0. The maximum atomic E-state index is 13.0. The molecule has 0 saturated heterocycles. The summed E-state index contributed by atoms with van der Waals surface area (Å²) >= 11 is 0. The van der Waals surface area contributed by atoms with Crippen LogP contribution in [-0.2, 0) is 6.54 Å². The molecular weight excluding hydrogens is 378 g/mol. The van der Waals surface area contributed by atoms with Crippen LogP contribution in [0, 0.1) is 13.8 Å². The highest BCUT2D eigenvalue weighted by atomic mass is 16.5. The first-order valence-electron chi connectivity index (χ1n) is 9.68. The van der Waals surface area contributed by atoms with Gasteiger partial charge >= 0.3 is 0 Å². The van der Waals surface area contributed by atoms with E-state index in [1.165, 1.54) is 0 Å². The van der Waals surface area contributed by atoms with E-state index in [4.69, 9.17) is 14.3 Å². The molecule has 0 saturated carbocycles. The highest BCUT2D eigenvalue weighted by molar-refractivity contribution is 5.94. The summed E-state index contributed by atoms with van der Waals surface area (Å²) in [6, 6.07) is 19.1. The third-order valence-corrected chi connectivity index (χ3v) is 4.89. The van der Waals surface area contributed by atoms with Crippen molar-refractivity contribution in [1.29, 1.82) is 0 Å². The standard InChI is InChI=1S/C24H23N3O3/c1-16-9-10-22(17(2)12-16)27-23(24(28)25-15-20-8-5-11-30-20)14-21(26-27)18-6-4-7-19(13-18)29-3/h4-14H,15H2,1-3H3,(H,25,28). The summed E-state index contributed by atoms with van der Waals surface area (Å²) in [5, 5.41) is 7.67. The summed E-state index contributed by atoms with van der Waals surface area (Å²) in [5.74, 6) is 1.19. The van der Waals surface area contributed by atoms with Gasteiger partial charge in [-0.25, -0.2) is 4.68 Å². The fourth-order valence-corrected chi connectivity index (χ4v) is 3.36. The molecule has 6 nitrogen and oxygen atoms in total. The molecule has 0 unspecified atom stereocenters. The molecule has 2 aromatic carbocycles. The SMILES string of the molecule is COc1cccc(-c2cc(C(=O)NCc3ccco3)n(-c3ccc(C)cc3C)n2)c1. The zero-order valence-corrected chi connectivity index (χ0v) is 17.2. The number of methoxy groups -OCH3 is 1. The van der Waals surface area contributed by atoms with E-state index < -0.39 is 0 Å². The van der Waals surface area contributed by atoms with E-state index in [2.05, 4.69) is 11.4 Å². The molecular formula is C24H23N3O3. The topological polar surface area (TPSA) is 69.3 Å². The van der Waals surface area contributed by atoms with Gasteiger partial charge in [-0.15, -0.1) is 0 Å². The van der Waals surface area contributed by atoms with Gasteiger partial charge in [-0.3, -0.25) is 4.79 Å². The summed E-state index contributed by atoms with van der Waals surface area (Å²) in [6.45, 7) is 4.36. The number of furan rings is 1. The van der Waals surface area contributed by atoms with Crippen LogP contribution in [0.2, 0.25) is 0 Å².